The molecule has 67 heavy (non-hydrogen) atoms. The number of esters is 2. The van der Waals surface area contributed by atoms with Gasteiger partial charge in [-0.15, -0.1) is 0 Å². The number of ketones is 1. The fourth-order valence-electron chi connectivity index (χ4n) is 9.51. The topological polar surface area (TPSA) is 192 Å². The SMILES string of the molecule is CCOC(=O)CN.CCOC(=O)[C@@H]1NC2(CCCCC2)[C@@]2(C(=O)Nc3cc(Cl)ccc32)[C@H]1c1ccnc(Cl)c1F.O=C1CCCCC1.O=C1Nc2cc(Cl)ccc2C1=Cc1ccnc(Cl)c1F. The van der Waals surface area contributed by atoms with Crippen LogP contribution in [0.2, 0.25) is 20.4 Å². The number of amides is 2. The molecule has 356 valence electrons. The van der Waals surface area contributed by atoms with E-state index in [4.69, 9.17) is 56.9 Å². The van der Waals surface area contributed by atoms with Crippen molar-refractivity contribution in [3.05, 3.63) is 115 Å². The highest BCUT2D eigenvalue weighted by Crippen LogP contribution is 2.63. The van der Waals surface area contributed by atoms with E-state index < -0.39 is 40.5 Å². The van der Waals surface area contributed by atoms with E-state index in [-0.39, 0.29) is 52.4 Å². The van der Waals surface area contributed by atoms with Gasteiger partial charge in [0.2, 0.25) is 5.91 Å². The Kier molecular flexibility index (Phi) is 17.5. The van der Waals surface area contributed by atoms with E-state index in [0.717, 1.165) is 44.9 Å². The fourth-order valence-corrected chi connectivity index (χ4v) is 10.2. The van der Waals surface area contributed by atoms with Crippen molar-refractivity contribution in [2.24, 2.45) is 5.73 Å². The Labute approximate surface area is 406 Å². The molecule has 2 aliphatic carbocycles. The number of carbonyl (C=O) groups is 5. The van der Waals surface area contributed by atoms with Crippen LogP contribution in [-0.4, -0.2) is 70.8 Å². The van der Waals surface area contributed by atoms with Crippen molar-refractivity contribution in [3.8, 4) is 0 Å². The van der Waals surface area contributed by atoms with E-state index in [1.165, 1.54) is 37.0 Å². The number of nitrogens with zero attached hydrogens (tertiary/aromatic N) is 2. The Morgan fingerprint density at radius 1 is 0.791 bits per heavy atom. The first-order chi connectivity index (χ1) is 32.1. The summed E-state index contributed by atoms with van der Waals surface area (Å²) in [6.45, 7) is 4.02. The lowest BCUT2D eigenvalue weighted by Gasteiger charge is -2.47. The van der Waals surface area contributed by atoms with Crippen LogP contribution < -0.4 is 21.7 Å². The average Bonchev–Trinajstić information content (AvgIpc) is 3.89. The van der Waals surface area contributed by atoms with E-state index in [2.05, 4.69) is 30.7 Å². The summed E-state index contributed by atoms with van der Waals surface area (Å²) in [6.07, 6.45) is 13.6. The maximum Gasteiger partial charge on any atom is 0.323 e. The van der Waals surface area contributed by atoms with Gasteiger partial charge in [0.15, 0.2) is 21.9 Å². The molecule has 2 amide bonds. The summed E-state index contributed by atoms with van der Waals surface area (Å²) in [4.78, 5) is 67.2. The number of nitrogens with one attached hydrogen (secondary N) is 3. The van der Waals surface area contributed by atoms with Crippen molar-refractivity contribution in [2.75, 3.05) is 30.4 Å². The molecule has 2 spiro atoms. The van der Waals surface area contributed by atoms with Crippen molar-refractivity contribution >= 4 is 99.0 Å². The number of anilines is 2. The smallest absolute Gasteiger partial charge is 0.323 e. The number of aromatic nitrogens is 2. The number of halogens is 6. The normalized spacial score (nSPS) is 21.4. The quantitative estimate of drug-likeness (QED) is 0.0817. The summed E-state index contributed by atoms with van der Waals surface area (Å²) in [5.74, 6) is -3.27. The van der Waals surface area contributed by atoms with E-state index in [9.17, 15) is 28.4 Å². The number of nitrogens with two attached hydrogens (primary N) is 1. The van der Waals surface area contributed by atoms with Crippen LogP contribution in [0.5, 0.6) is 0 Å². The molecule has 5 heterocycles. The monoisotopic (exact) mass is 1000 g/mol. The van der Waals surface area contributed by atoms with Crippen molar-refractivity contribution in [1.29, 1.82) is 0 Å². The van der Waals surface area contributed by atoms with Crippen molar-refractivity contribution in [3.63, 3.8) is 0 Å². The number of Topliss-reactive ketones (excluding diaryl/α,β-unsaturated/α-hetero) is 1. The molecule has 2 saturated carbocycles. The number of fused-ring (bicyclic) bond motifs is 4. The Bertz CT molecular complexity index is 2540. The number of rotatable bonds is 6. The van der Waals surface area contributed by atoms with Crippen LogP contribution in [0.25, 0.3) is 11.6 Å². The molecule has 0 bridgehead atoms. The van der Waals surface area contributed by atoms with E-state index in [0.29, 0.717) is 63.4 Å². The number of hydrogen-bond acceptors (Lipinski definition) is 11. The molecule has 1 saturated heterocycles. The minimum absolute atomic E-state index is 0.0200. The van der Waals surface area contributed by atoms with Crippen LogP contribution >= 0.6 is 46.4 Å². The maximum absolute atomic E-state index is 15.5. The zero-order chi connectivity index (χ0) is 48.5. The molecule has 9 rings (SSSR count). The third kappa shape index (κ3) is 11.0. The van der Waals surface area contributed by atoms with Crippen LogP contribution in [0.4, 0.5) is 20.2 Å². The highest BCUT2D eigenvalue weighted by Gasteiger charge is 2.72. The Hall–Kier alpha value is -5.03. The number of carbonyl (C=O) groups excluding carboxylic acids is 5. The van der Waals surface area contributed by atoms with Gasteiger partial charge in [-0.2, -0.15) is 0 Å². The summed E-state index contributed by atoms with van der Waals surface area (Å²) in [5, 5.41) is 9.63. The Morgan fingerprint density at radius 2 is 1.40 bits per heavy atom. The molecule has 4 aromatic rings. The predicted molar refractivity (Wildman–Crippen MR) is 254 cm³/mol. The zero-order valence-corrected chi connectivity index (χ0v) is 39.8. The summed E-state index contributed by atoms with van der Waals surface area (Å²) in [5.41, 5.74) is 6.16. The standard InChI is InChI=1S/C24H24Cl2FN3O3.C14H7Cl2FN2O.C6H10O.C4H9NO2/c1-2-33-21(31)19-17(14-8-11-28-20(26)18(14)27)24(23(30-19)9-4-3-5-10-23)15-7-6-13(25)12-16(15)29-22(24)32;15-8-1-2-9-10(14(20)19-11(9)6-8)5-7-3-4-18-13(16)12(7)17;7-6-4-2-1-3-5-6;1-2-7-4(6)3-5/h6-8,11-12,17,19,30H,2-5,9-10H2,1H3,(H,29,32);1-6H,(H,19,20);1-5H2;2-3,5H2,1H3/t17-,19+,24+;;;/m0.../s1. The van der Waals surface area contributed by atoms with Gasteiger partial charge in [0.1, 0.15) is 17.2 Å². The number of benzene rings is 2. The second kappa shape index (κ2) is 22.8. The van der Waals surface area contributed by atoms with Crippen LogP contribution in [0.15, 0.2) is 60.9 Å². The largest absolute Gasteiger partial charge is 0.465 e. The summed E-state index contributed by atoms with van der Waals surface area (Å²) in [6, 6.07) is 12.3. The highest BCUT2D eigenvalue weighted by molar-refractivity contribution is 6.37. The van der Waals surface area contributed by atoms with E-state index in [1.54, 1.807) is 44.2 Å². The van der Waals surface area contributed by atoms with Crippen LogP contribution in [-0.2, 0) is 38.9 Å². The van der Waals surface area contributed by atoms with Gasteiger partial charge in [0.25, 0.3) is 5.91 Å². The first-order valence-corrected chi connectivity index (χ1v) is 23.5. The molecule has 3 atom stereocenters. The number of ether oxygens (including phenoxy) is 2. The molecule has 0 radical (unpaired) electrons. The van der Waals surface area contributed by atoms with Gasteiger partial charge in [-0.25, -0.2) is 18.7 Å². The summed E-state index contributed by atoms with van der Waals surface area (Å²) >= 11 is 23.8. The highest BCUT2D eigenvalue weighted by atomic mass is 35.5. The average molecular weight is 1000 g/mol. The van der Waals surface area contributed by atoms with Crippen LogP contribution in [0, 0.1) is 11.6 Å². The van der Waals surface area contributed by atoms with E-state index >= 15 is 4.39 Å². The molecular formula is C48H50Cl4F2N6O7. The molecule has 2 aromatic carbocycles. The molecule has 3 aliphatic heterocycles. The van der Waals surface area contributed by atoms with Gasteiger partial charge < -0.3 is 25.8 Å². The number of hydrogen-bond donors (Lipinski definition) is 4. The molecule has 3 fully saturated rings. The van der Waals surface area contributed by atoms with E-state index in [1.807, 2.05) is 6.07 Å². The molecule has 5 N–H and O–H groups in total. The minimum Gasteiger partial charge on any atom is -0.465 e. The summed E-state index contributed by atoms with van der Waals surface area (Å²) in [7, 11) is 0. The van der Waals surface area contributed by atoms with Crippen molar-refractivity contribution in [1.82, 2.24) is 15.3 Å². The molecule has 19 heteroatoms. The zero-order valence-electron chi connectivity index (χ0n) is 36.8. The van der Waals surface area contributed by atoms with Gasteiger partial charge in [-0.3, -0.25) is 29.3 Å². The van der Waals surface area contributed by atoms with Crippen molar-refractivity contribution < 1.29 is 42.2 Å². The number of pyridine rings is 2. The Morgan fingerprint density at radius 3 is 2.01 bits per heavy atom. The summed E-state index contributed by atoms with van der Waals surface area (Å²) < 4.78 is 39.2. The minimum atomic E-state index is -1.25. The first kappa shape index (κ1) is 51.4. The fraction of sp³-hybridized carbons (Fsp3) is 0.396. The molecular weight excluding hydrogens is 952 g/mol. The first-order valence-electron chi connectivity index (χ1n) is 22.0. The van der Waals surface area contributed by atoms with Gasteiger partial charge >= 0.3 is 11.9 Å². The lowest BCUT2D eigenvalue weighted by molar-refractivity contribution is -0.146. The maximum atomic E-state index is 15.5. The third-order valence-corrected chi connectivity index (χ3v) is 13.3. The van der Waals surface area contributed by atoms with Gasteiger partial charge in [-0.1, -0.05) is 84.2 Å². The van der Waals surface area contributed by atoms with Crippen LogP contribution in [0.1, 0.15) is 106 Å². The second-order valence-electron chi connectivity index (χ2n) is 16.3. The second-order valence-corrected chi connectivity index (χ2v) is 17.9. The van der Waals surface area contributed by atoms with Gasteiger partial charge in [0.05, 0.1) is 25.4 Å². The molecule has 5 aliphatic rings. The Balaban J connectivity index is 0.000000182. The van der Waals surface area contributed by atoms with Gasteiger partial charge in [-0.05, 0) is 93.1 Å². The van der Waals surface area contributed by atoms with Gasteiger partial charge in [0, 0.05) is 69.1 Å². The van der Waals surface area contributed by atoms with Crippen LogP contribution in [0.3, 0.4) is 0 Å². The molecule has 0 unspecified atom stereocenters. The lowest BCUT2D eigenvalue weighted by Crippen LogP contribution is -2.60. The lowest BCUT2D eigenvalue weighted by atomic mass is 9.55. The third-order valence-electron chi connectivity index (χ3n) is 12.3. The molecule has 2 aromatic heterocycles. The molecule has 13 nitrogen and oxygen atoms in total. The van der Waals surface area contributed by atoms with Crippen molar-refractivity contribution in [2.45, 2.75) is 101 Å². The predicted octanol–water partition coefficient (Wildman–Crippen LogP) is 9.79.